The van der Waals surface area contributed by atoms with Crippen LogP contribution >= 0.6 is 0 Å². The molecule has 0 aliphatic carbocycles. The zero-order chi connectivity index (χ0) is 43.4. The van der Waals surface area contributed by atoms with E-state index in [0.29, 0.717) is 12.5 Å². The molecule has 2 aromatic heterocycles. The van der Waals surface area contributed by atoms with E-state index in [2.05, 4.69) is 92.2 Å². The molecule has 12 heteroatoms. The summed E-state index contributed by atoms with van der Waals surface area (Å²) in [5.74, 6) is 3.53. The second kappa shape index (κ2) is 21.1. The van der Waals surface area contributed by atoms with Gasteiger partial charge in [0.2, 0.25) is 6.29 Å². The van der Waals surface area contributed by atoms with Gasteiger partial charge < -0.3 is 33.6 Å². The van der Waals surface area contributed by atoms with Crippen LogP contribution in [0.25, 0.3) is 21.9 Å². The van der Waals surface area contributed by atoms with Gasteiger partial charge in [-0.25, -0.2) is 4.79 Å². The highest BCUT2D eigenvalue weighted by molar-refractivity contribution is 5.78. The van der Waals surface area contributed by atoms with Crippen LogP contribution in [-0.2, 0) is 20.4 Å². The number of amides is 1. The third kappa shape index (κ3) is 15.3. The van der Waals surface area contributed by atoms with E-state index in [4.69, 9.17) is 18.4 Å². The van der Waals surface area contributed by atoms with E-state index in [9.17, 15) is 18.0 Å². The first kappa shape index (κ1) is 47.8. The van der Waals surface area contributed by atoms with Gasteiger partial charge in [-0.15, -0.1) is 0 Å². The summed E-state index contributed by atoms with van der Waals surface area (Å²) >= 11 is 0. The zero-order valence-electron chi connectivity index (χ0n) is 36.9. The fraction of sp³-hybridized carbons (Fsp3) is 0.617. The molecule has 1 amide bonds. The normalized spacial score (nSPS) is 16.6. The molecule has 2 aromatic carbocycles. The Morgan fingerprint density at radius 3 is 1.56 bits per heavy atom. The lowest BCUT2D eigenvalue weighted by Gasteiger charge is -2.38. The summed E-state index contributed by atoms with van der Waals surface area (Å²) < 4.78 is 49.1. The third-order valence-corrected chi connectivity index (χ3v) is 11.2. The molecule has 6 rings (SSSR count). The van der Waals surface area contributed by atoms with Gasteiger partial charge in [-0.05, 0) is 129 Å². The number of ether oxygens (including phenoxy) is 1. The summed E-state index contributed by atoms with van der Waals surface area (Å²) in [4.78, 5) is 28.1. The molecule has 2 aliphatic heterocycles. The number of benzene rings is 2. The number of likely N-dealkylation sites (tertiary alicyclic amines) is 2. The molecule has 0 saturated carbocycles. The molecule has 4 heterocycles. The van der Waals surface area contributed by atoms with Crippen LogP contribution in [0.1, 0.15) is 99.5 Å². The number of rotatable bonds is 12. The molecule has 4 aromatic rings. The van der Waals surface area contributed by atoms with Crippen LogP contribution in [0.2, 0.25) is 0 Å². The SMILES string of the molecule is CCN(CC1CCN(CC(C)(C)c2cc3ccccc3o2)CC1)C(=O)OC(C)(C)C.CCNCC1CCN(CC(C)(C)c2cc3ccccc3o2)CC1.O=CC(F)(F)F. The van der Waals surface area contributed by atoms with Gasteiger partial charge in [0.25, 0.3) is 0 Å². The minimum atomic E-state index is -4.64. The molecular weight excluding hydrogens is 758 g/mol. The summed E-state index contributed by atoms with van der Waals surface area (Å²) in [6, 6.07) is 20.9. The van der Waals surface area contributed by atoms with Crippen molar-refractivity contribution in [1.29, 1.82) is 0 Å². The smallest absolute Gasteiger partial charge is 0.446 e. The average molecular weight is 827 g/mol. The Morgan fingerprint density at radius 1 is 0.763 bits per heavy atom. The van der Waals surface area contributed by atoms with Crippen LogP contribution < -0.4 is 5.32 Å². The Labute approximate surface area is 350 Å². The number of nitrogens with zero attached hydrogens (tertiary/aromatic N) is 3. The lowest BCUT2D eigenvalue weighted by atomic mass is 9.87. The summed E-state index contributed by atoms with van der Waals surface area (Å²) in [6.07, 6.45) is -1.07. The van der Waals surface area contributed by atoms with E-state index in [-0.39, 0.29) is 16.9 Å². The molecule has 328 valence electrons. The van der Waals surface area contributed by atoms with E-state index in [0.717, 1.165) is 80.7 Å². The van der Waals surface area contributed by atoms with Gasteiger partial charge in [-0.2, -0.15) is 13.2 Å². The third-order valence-electron chi connectivity index (χ3n) is 11.2. The highest BCUT2D eigenvalue weighted by Crippen LogP contribution is 2.33. The van der Waals surface area contributed by atoms with Crippen LogP contribution in [0.4, 0.5) is 18.0 Å². The van der Waals surface area contributed by atoms with Gasteiger partial charge >= 0.3 is 12.3 Å². The van der Waals surface area contributed by atoms with Crippen molar-refractivity contribution in [1.82, 2.24) is 20.0 Å². The first-order chi connectivity index (χ1) is 27.7. The Balaban J connectivity index is 0.000000235. The predicted molar refractivity (Wildman–Crippen MR) is 231 cm³/mol. The largest absolute Gasteiger partial charge is 0.460 e. The number of furan rings is 2. The second-order valence-electron chi connectivity index (χ2n) is 18.5. The van der Waals surface area contributed by atoms with Crippen molar-refractivity contribution in [3.63, 3.8) is 0 Å². The number of aldehydes is 1. The molecule has 2 aliphatic rings. The topological polar surface area (TPSA) is 91.4 Å². The number of carbonyl (C=O) groups excluding carboxylic acids is 2. The number of halogens is 3. The van der Waals surface area contributed by atoms with Crippen molar-refractivity contribution in [2.75, 3.05) is 65.4 Å². The maximum Gasteiger partial charge on any atom is 0.446 e. The summed E-state index contributed by atoms with van der Waals surface area (Å²) in [6.45, 7) is 29.4. The quantitative estimate of drug-likeness (QED) is 0.141. The highest BCUT2D eigenvalue weighted by Gasteiger charge is 2.32. The van der Waals surface area contributed by atoms with E-state index in [1.807, 2.05) is 50.8 Å². The van der Waals surface area contributed by atoms with Crippen LogP contribution in [0, 0.1) is 11.8 Å². The van der Waals surface area contributed by atoms with Crippen molar-refractivity contribution in [3.8, 4) is 0 Å². The molecule has 1 N–H and O–H groups in total. The van der Waals surface area contributed by atoms with Crippen molar-refractivity contribution in [2.45, 2.75) is 111 Å². The number of hydrogen-bond donors (Lipinski definition) is 1. The molecule has 0 radical (unpaired) electrons. The van der Waals surface area contributed by atoms with Crippen LogP contribution in [0.5, 0.6) is 0 Å². The number of carbonyl (C=O) groups is 2. The average Bonchev–Trinajstić information content (AvgIpc) is 3.83. The molecule has 0 spiro atoms. The van der Waals surface area contributed by atoms with Crippen molar-refractivity contribution in [2.24, 2.45) is 11.8 Å². The summed E-state index contributed by atoms with van der Waals surface area (Å²) in [5.41, 5.74) is 1.52. The first-order valence-corrected chi connectivity index (χ1v) is 21.4. The first-order valence-electron chi connectivity index (χ1n) is 21.4. The van der Waals surface area contributed by atoms with Crippen molar-refractivity contribution < 1.29 is 36.3 Å². The second-order valence-corrected chi connectivity index (χ2v) is 18.5. The lowest BCUT2D eigenvalue weighted by molar-refractivity contribution is -0.156. The Bertz CT molecular complexity index is 1810. The molecule has 0 unspecified atom stereocenters. The van der Waals surface area contributed by atoms with Crippen molar-refractivity contribution in [3.05, 3.63) is 72.2 Å². The number of hydrogen-bond acceptors (Lipinski definition) is 8. The number of para-hydroxylation sites is 2. The Kier molecular flexibility index (Phi) is 17.1. The van der Waals surface area contributed by atoms with Crippen LogP contribution in [-0.4, -0.2) is 104 Å². The molecule has 2 saturated heterocycles. The summed E-state index contributed by atoms with van der Waals surface area (Å²) in [5, 5.41) is 5.86. The van der Waals surface area contributed by atoms with Crippen molar-refractivity contribution >= 4 is 34.3 Å². The van der Waals surface area contributed by atoms with Gasteiger partial charge in [0.1, 0.15) is 28.3 Å². The van der Waals surface area contributed by atoms with E-state index in [1.54, 1.807) is 0 Å². The molecule has 9 nitrogen and oxygen atoms in total. The minimum Gasteiger partial charge on any atom is -0.460 e. The fourth-order valence-electron chi connectivity index (χ4n) is 7.90. The van der Waals surface area contributed by atoms with E-state index < -0.39 is 18.1 Å². The van der Waals surface area contributed by atoms with Crippen LogP contribution in [0.3, 0.4) is 0 Å². The molecule has 0 atom stereocenters. The van der Waals surface area contributed by atoms with Gasteiger partial charge in [-0.1, -0.05) is 71.0 Å². The molecule has 0 bridgehead atoms. The van der Waals surface area contributed by atoms with E-state index in [1.165, 1.54) is 43.2 Å². The number of alkyl halides is 3. The molecule has 59 heavy (non-hydrogen) atoms. The number of piperidine rings is 2. The Hall–Kier alpha value is -3.87. The van der Waals surface area contributed by atoms with Crippen LogP contribution in [0.15, 0.2) is 69.5 Å². The minimum absolute atomic E-state index is 0.0438. The van der Waals surface area contributed by atoms with E-state index >= 15 is 0 Å². The predicted octanol–water partition coefficient (Wildman–Crippen LogP) is 10.5. The fourth-order valence-corrected chi connectivity index (χ4v) is 7.90. The number of nitrogens with one attached hydrogen (secondary N) is 1. The van der Waals surface area contributed by atoms with Gasteiger partial charge in [-0.3, -0.25) is 4.79 Å². The van der Waals surface area contributed by atoms with Gasteiger partial charge in [0.15, 0.2) is 0 Å². The Morgan fingerprint density at radius 2 is 1.19 bits per heavy atom. The van der Waals surface area contributed by atoms with Gasteiger partial charge in [0, 0.05) is 47.8 Å². The van der Waals surface area contributed by atoms with Gasteiger partial charge in [0.05, 0.1) is 0 Å². The highest BCUT2D eigenvalue weighted by atomic mass is 19.4. The maximum atomic E-state index is 12.4. The zero-order valence-corrected chi connectivity index (χ0v) is 36.9. The maximum absolute atomic E-state index is 12.4. The monoisotopic (exact) mass is 827 g/mol. The number of fused-ring (bicyclic) bond motifs is 2. The summed E-state index contributed by atoms with van der Waals surface area (Å²) in [7, 11) is 0. The standard InChI is InChI=1S/C25H38N2O3.C20H30N2O.C2HF3O/c1-7-27(23(28)30-24(2,3)4)17-19-12-14-26(15-13-19)18-25(5,6)22-16-20-10-8-9-11-21(20)29-22;1-4-21-14-16-9-11-22(12-10-16)15-20(2,3)19-13-17-7-5-6-8-18(17)23-19;3-2(4,5)1-6/h8-11,16,19H,7,12-15,17-18H2,1-6H3;5-8,13,16,21H,4,9-12,14-15H2,1-3H3;1H. The molecule has 2 fully saturated rings. The lowest BCUT2D eigenvalue weighted by Crippen LogP contribution is -2.45. The molecular formula is C47H69F3N4O5.